The van der Waals surface area contributed by atoms with Crippen molar-refractivity contribution in [3.05, 3.63) is 144 Å². The molecule has 4 aliphatic rings. The smallest absolute Gasteiger partial charge is 0.0576 e. The zero-order chi connectivity index (χ0) is 27.8. The van der Waals surface area contributed by atoms with Crippen molar-refractivity contribution in [1.29, 1.82) is 0 Å². The predicted octanol–water partition coefficient (Wildman–Crippen LogP) is 11.2. The summed E-state index contributed by atoms with van der Waals surface area (Å²) in [5.41, 5.74) is 10.7. The Morgan fingerprint density at radius 3 is 1.86 bits per heavy atom. The predicted molar refractivity (Wildman–Crippen MR) is 184 cm³/mol. The molecule has 0 radical (unpaired) electrons. The largest absolute Gasteiger partial charge is 0.0680 e. The maximum Gasteiger partial charge on any atom is 0.0576 e. The first kappa shape index (κ1) is 20.4. The van der Waals surface area contributed by atoms with E-state index in [9.17, 15) is 0 Å². The van der Waals surface area contributed by atoms with Crippen molar-refractivity contribution in [2.75, 3.05) is 0 Å². The Morgan fingerprint density at radius 1 is 0.364 bits per heavy atom. The third-order valence-corrected chi connectivity index (χ3v) is 12.6. The minimum atomic E-state index is -0.398. The molecule has 44 heavy (non-hydrogen) atoms. The summed E-state index contributed by atoms with van der Waals surface area (Å²) >= 11 is 0. The van der Waals surface area contributed by atoms with Crippen LogP contribution in [-0.4, -0.2) is 0 Å². The van der Waals surface area contributed by atoms with Gasteiger partial charge in [0, 0.05) is 0 Å². The van der Waals surface area contributed by atoms with Gasteiger partial charge in [-0.25, -0.2) is 0 Å². The fraction of sp³-hybridized carbons (Fsp3) is 0.0455. The highest BCUT2D eigenvalue weighted by Crippen LogP contribution is 2.73. The molecule has 10 aromatic rings. The lowest BCUT2D eigenvalue weighted by atomic mass is 9.51. The molecule has 10 aromatic carbocycles. The van der Waals surface area contributed by atoms with E-state index < -0.39 is 5.41 Å². The van der Waals surface area contributed by atoms with Crippen LogP contribution in [0.2, 0.25) is 0 Å². The van der Waals surface area contributed by atoms with Gasteiger partial charge in [0.05, 0.1) is 10.8 Å². The van der Waals surface area contributed by atoms with Crippen molar-refractivity contribution in [3.63, 3.8) is 0 Å². The Bertz CT molecular complexity index is 3090. The van der Waals surface area contributed by atoms with Gasteiger partial charge in [-0.1, -0.05) is 109 Å². The van der Waals surface area contributed by atoms with Crippen LogP contribution in [-0.2, 0) is 10.8 Å². The van der Waals surface area contributed by atoms with Crippen molar-refractivity contribution in [1.82, 2.24) is 0 Å². The molecule has 14 rings (SSSR count). The second-order valence-corrected chi connectivity index (χ2v) is 13.8. The van der Waals surface area contributed by atoms with Gasteiger partial charge in [-0.15, -0.1) is 0 Å². The topological polar surface area (TPSA) is 0 Å². The Hall–Kier alpha value is -5.46. The van der Waals surface area contributed by atoms with Crippen LogP contribution in [0, 0.1) is 0 Å². The standard InChI is InChI=1S/C44H20/c1-2-11-24-23(10-1)35-33-26-12-4-6-14-30(26)44-18-8-7-17-43(44)29-13-5-3-9-22(29)28-19-21-20-31(43)38-39-32(21)34-25(28)15-16-27(33)36(34)41(39)40(35)37(24)42(38)44/h1-20H. The molecule has 0 N–H and O–H groups in total. The minimum Gasteiger partial charge on any atom is -0.0680 e. The molecule has 0 nitrogen and oxygen atoms in total. The first-order chi connectivity index (χ1) is 21.8. The van der Waals surface area contributed by atoms with Gasteiger partial charge in [0.2, 0.25) is 0 Å². The summed E-state index contributed by atoms with van der Waals surface area (Å²) in [6.45, 7) is 0. The highest BCUT2D eigenvalue weighted by Gasteiger charge is 2.62. The number of hydrogen-bond acceptors (Lipinski definition) is 0. The quantitative estimate of drug-likeness (QED) is 0.165. The lowest BCUT2D eigenvalue weighted by Gasteiger charge is -2.49. The van der Waals surface area contributed by atoms with E-state index >= 15 is 0 Å². The van der Waals surface area contributed by atoms with E-state index in [1.807, 2.05) is 0 Å². The first-order valence-corrected chi connectivity index (χ1v) is 15.9. The first-order valence-electron chi connectivity index (χ1n) is 15.9. The van der Waals surface area contributed by atoms with Crippen molar-refractivity contribution in [2.45, 2.75) is 10.8 Å². The lowest BCUT2D eigenvalue weighted by molar-refractivity contribution is 0.472. The maximum atomic E-state index is 2.61. The highest BCUT2D eigenvalue weighted by molar-refractivity contribution is 6.55. The Balaban J connectivity index is 1.54. The Morgan fingerprint density at radius 2 is 1.00 bits per heavy atom. The van der Waals surface area contributed by atoms with E-state index in [2.05, 4.69) is 121 Å². The third-order valence-electron chi connectivity index (χ3n) is 12.6. The molecule has 0 amide bonds. The van der Waals surface area contributed by atoms with E-state index in [1.165, 1.54) is 120 Å². The molecule has 0 heterocycles. The molecule has 0 saturated heterocycles. The van der Waals surface area contributed by atoms with Crippen molar-refractivity contribution in [3.8, 4) is 22.3 Å². The molecule has 2 atom stereocenters. The number of allylic oxidation sites excluding steroid dienone is 4. The zero-order valence-corrected chi connectivity index (χ0v) is 23.5. The average molecular weight is 549 g/mol. The zero-order valence-electron chi connectivity index (χ0n) is 23.5. The van der Waals surface area contributed by atoms with Gasteiger partial charge in [-0.2, -0.15) is 0 Å². The van der Waals surface area contributed by atoms with Crippen molar-refractivity contribution < 1.29 is 0 Å². The molecular formula is C44H20. The molecule has 2 unspecified atom stereocenters. The van der Waals surface area contributed by atoms with Gasteiger partial charge in [0.25, 0.3) is 0 Å². The van der Waals surface area contributed by atoms with Crippen LogP contribution in [0.1, 0.15) is 22.3 Å². The number of rotatable bonds is 0. The second kappa shape index (κ2) is 5.85. The van der Waals surface area contributed by atoms with E-state index in [0.29, 0.717) is 0 Å². The van der Waals surface area contributed by atoms with Crippen molar-refractivity contribution in [2.24, 2.45) is 0 Å². The summed E-state index contributed by atoms with van der Waals surface area (Å²) in [7, 11) is 0. The number of benzene rings is 8. The molecule has 0 aliphatic heterocycles. The van der Waals surface area contributed by atoms with Crippen LogP contribution in [0.4, 0.5) is 0 Å². The fourth-order valence-corrected chi connectivity index (χ4v) is 11.5. The van der Waals surface area contributed by atoms with Crippen LogP contribution in [0.15, 0.2) is 121 Å². The van der Waals surface area contributed by atoms with E-state index in [1.54, 1.807) is 0 Å². The summed E-state index contributed by atoms with van der Waals surface area (Å²) < 4.78 is 0. The summed E-state index contributed by atoms with van der Waals surface area (Å²) in [5, 5.41) is 20.4. The van der Waals surface area contributed by atoms with Crippen LogP contribution in [0.3, 0.4) is 0 Å². The second-order valence-electron chi connectivity index (χ2n) is 13.8. The molecule has 196 valence electrons. The van der Waals surface area contributed by atoms with Gasteiger partial charge in [0.1, 0.15) is 0 Å². The normalized spacial score (nSPS) is 22.1. The van der Waals surface area contributed by atoms with E-state index in [0.717, 1.165) is 0 Å². The number of hydrogen-bond donors (Lipinski definition) is 0. The number of fused-ring (bicyclic) bond motifs is 6. The van der Waals surface area contributed by atoms with Gasteiger partial charge in [0.15, 0.2) is 0 Å². The van der Waals surface area contributed by atoms with Crippen LogP contribution in [0.5, 0.6) is 0 Å². The van der Waals surface area contributed by atoms with Gasteiger partial charge in [-0.05, 0) is 132 Å². The SMILES string of the molecule is C1=CC23c4ccccc4-c4cc5cc2c2c6c7c8ccccc8c8c(c9ccc4c4c5c2c(c87)c94)-c2ccccc2C63C=C1. The Labute approximate surface area is 251 Å². The van der Waals surface area contributed by atoms with Crippen LogP contribution in [0.25, 0.3) is 97.7 Å². The summed E-state index contributed by atoms with van der Waals surface area (Å²) in [6.07, 6.45) is 9.87. The Kier molecular flexibility index (Phi) is 2.72. The fourth-order valence-electron chi connectivity index (χ4n) is 11.5. The maximum absolute atomic E-state index is 2.61. The summed E-state index contributed by atoms with van der Waals surface area (Å²) in [6, 6.07) is 38.2. The molecule has 2 spiro atoms. The third kappa shape index (κ3) is 1.59. The van der Waals surface area contributed by atoms with Gasteiger partial charge < -0.3 is 0 Å². The average Bonchev–Trinajstić information content (AvgIpc) is 3.69. The monoisotopic (exact) mass is 548 g/mol. The molecule has 0 heteroatoms. The van der Waals surface area contributed by atoms with Gasteiger partial charge >= 0.3 is 0 Å². The van der Waals surface area contributed by atoms with Gasteiger partial charge in [-0.3, -0.25) is 0 Å². The molecule has 0 fully saturated rings. The van der Waals surface area contributed by atoms with Crippen LogP contribution < -0.4 is 0 Å². The molecule has 0 aromatic heterocycles. The van der Waals surface area contributed by atoms with Crippen molar-refractivity contribution >= 4 is 75.4 Å². The van der Waals surface area contributed by atoms with Crippen LogP contribution >= 0.6 is 0 Å². The highest BCUT2D eigenvalue weighted by atomic mass is 14.6. The van der Waals surface area contributed by atoms with E-state index in [-0.39, 0.29) is 5.41 Å². The lowest BCUT2D eigenvalue weighted by Crippen LogP contribution is -2.47. The summed E-state index contributed by atoms with van der Waals surface area (Å²) in [5.74, 6) is 0. The molecule has 0 saturated carbocycles. The summed E-state index contributed by atoms with van der Waals surface area (Å²) in [4.78, 5) is 0. The van der Waals surface area contributed by atoms with E-state index in [4.69, 9.17) is 0 Å². The minimum absolute atomic E-state index is 0.380. The molecule has 4 aliphatic carbocycles. The molecular weight excluding hydrogens is 528 g/mol. The molecule has 12 bridgehead atoms.